The third-order valence-electron chi connectivity index (χ3n) is 3.72. The van der Waals surface area contributed by atoms with Crippen molar-refractivity contribution in [1.29, 1.82) is 0 Å². The van der Waals surface area contributed by atoms with Gasteiger partial charge in [0, 0.05) is 25.5 Å². The summed E-state index contributed by atoms with van der Waals surface area (Å²) in [6.45, 7) is 1.97. The molecule has 2 aromatic carbocycles. The van der Waals surface area contributed by atoms with Gasteiger partial charge in [-0.1, -0.05) is 17.7 Å². The number of sulfonamides is 1. The smallest absolute Gasteiger partial charge is 0.242 e. The van der Waals surface area contributed by atoms with Crippen LogP contribution in [0.2, 0.25) is 0 Å². The number of hydrogen-bond donors (Lipinski definition) is 2. The van der Waals surface area contributed by atoms with Crippen LogP contribution in [0.4, 0.5) is 11.4 Å². The molecule has 2 rings (SSSR count). The van der Waals surface area contributed by atoms with Crippen molar-refractivity contribution in [3.05, 3.63) is 54.1 Å². The van der Waals surface area contributed by atoms with E-state index >= 15 is 0 Å². The Kier molecular flexibility index (Phi) is 7.61. The quantitative estimate of drug-likeness (QED) is 0.683. The molecule has 0 aromatic heterocycles. The van der Waals surface area contributed by atoms with Crippen molar-refractivity contribution in [3.63, 3.8) is 0 Å². The maximum atomic E-state index is 12.0. The summed E-state index contributed by atoms with van der Waals surface area (Å²) >= 11 is 1.20. The van der Waals surface area contributed by atoms with E-state index in [1.165, 1.54) is 50.1 Å². The van der Waals surface area contributed by atoms with Crippen LogP contribution in [0.5, 0.6) is 0 Å². The van der Waals surface area contributed by atoms with E-state index in [1.54, 1.807) is 0 Å². The normalized spacial score (nSPS) is 11.3. The Hall–Kier alpha value is -2.36. The van der Waals surface area contributed by atoms with E-state index in [9.17, 15) is 18.0 Å². The monoisotopic (exact) mass is 421 g/mol. The molecule has 0 saturated carbocycles. The van der Waals surface area contributed by atoms with Gasteiger partial charge in [-0.2, -0.15) is 0 Å². The first-order chi connectivity index (χ1) is 13.2. The summed E-state index contributed by atoms with van der Waals surface area (Å²) < 4.78 is 25.2. The van der Waals surface area contributed by atoms with Gasteiger partial charge in [0.1, 0.15) is 0 Å². The predicted molar refractivity (Wildman–Crippen MR) is 113 cm³/mol. The minimum atomic E-state index is -3.50. The van der Waals surface area contributed by atoms with Crippen LogP contribution in [-0.4, -0.2) is 50.1 Å². The number of benzene rings is 2. The van der Waals surface area contributed by atoms with Gasteiger partial charge in [0.2, 0.25) is 21.8 Å². The zero-order chi connectivity index (χ0) is 20.7. The molecule has 0 radical (unpaired) electrons. The summed E-state index contributed by atoms with van der Waals surface area (Å²) in [5, 5.41) is 5.45. The molecule has 2 amide bonds. The molecule has 0 aliphatic heterocycles. The largest absolute Gasteiger partial charge is 0.325 e. The zero-order valence-corrected chi connectivity index (χ0v) is 17.6. The SMILES string of the molecule is Cc1ccc(NC(=O)CSCC(=O)Nc2ccc(S(=O)(=O)N(C)C)cc2)cc1. The Morgan fingerprint density at radius 1 is 0.857 bits per heavy atom. The van der Waals surface area contributed by atoms with E-state index in [2.05, 4.69) is 10.6 Å². The van der Waals surface area contributed by atoms with Crippen molar-refractivity contribution >= 4 is 45.0 Å². The number of amides is 2. The lowest BCUT2D eigenvalue weighted by molar-refractivity contribution is -0.114. The summed E-state index contributed by atoms with van der Waals surface area (Å²) in [6, 6.07) is 13.4. The highest BCUT2D eigenvalue weighted by atomic mass is 32.2. The van der Waals surface area contributed by atoms with Crippen molar-refractivity contribution in [3.8, 4) is 0 Å². The first-order valence-corrected chi connectivity index (χ1v) is 11.0. The molecule has 0 saturated heterocycles. The fourth-order valence-electron chi connectivity index (χ4n) is 2.19. The standard InChI is InChI=1S/C19H23N3O4S2/c1-14-4-6-15(7-5-14)20-18(23)12-27-13-19(24)21-16-8-10-17(11-9-16)28(25,26)22(2)3/h4-11H,12-13H2,1-3H3,(H,20,23)(H,21,24). The molecule has 0 bridgehead atoms. The lowest BCUT2D eigenvalue weighted by Gasteiger charge is -2.12. The van der Waals surface area contributed by atoms with Crippen LogP contribution in [0.15, 0.2) is 53.4 Å². The lowest BCUT2D eigenvalue weighted by Crippen LogP contribution is -2.22. The predicted octanol–water partition coefficient (Wildman–Crippen LogP) is 2.56. The Bertz CT molecular complexity index is 925. The van der Waals surface area contributed by atoms with Crippen molar-refractivity contribution < 1.29 is 18.0 Å². The van der Waals surface area contributed by atoms with Gasteiger partial charge in [0.15, 0.2) is 0 Å². The van der Waals surface area contributed by atoms with Gasteiger partial charge >= 0.3 is 0 Å². The topological polar surface area (TPSA) is 95.6 Å². The molecule has 2 N–H and O–H groups in total. The van der Waals surface area contributed by atoms with Crippen molar-refractivity contribution in [1.82, 2.24) is 4.31 Å². The molecule has 0 unspecified atom stereocenters. The highest BCUT2D eigenvalue weighted by Crippen LogP contribution is 2.17. The fourth-order valence-corrected chi connectivity index (χ4v) is 3.71. The second-order valence-corrected chi connectivity index (χ2v) is 9.40. The molecule has 0 fully saturated rings. The molecule has 150 valence electrons. The first-order valence-electron chi connectivity index (χ1n) is 8.45. The number of rotatable bonds is 8. The molecule has 0 atom stereocenters. The number of carbonyl (C=O) groups is 2. The van der Waals surface area contributed by atoms with Crippen molar-refractivity contribution in [2.24, 2.45) is 0 Å². The second-order valence-electron chi connectivity index (χ2n) is 6.27. The average molecular weight is 422 g/mol. The van der Waals surface area contributed by atoms with Crippen LogP contribution in [0.25, 0.3) is 0 Å². The minimum absolute atomic E-state index is 0.110. The number of nitrogens with one attached hydrogen (secondary N) is 2. The van der Waals surface area contributed by atoms with Crippen LogP contribution in [-0.2, 0) is 19.6 Å². The third-order valence-corrected chi connectivity index (χ3v) is 6.48. The van der Waals surface area contributed by atoms with Crippen LogP contribution in [0.3, 0.4) is 0 Å². The summed E-state index contributed by atoms with van der Waals surface area (Å²) in [6.07, 6.45) is 0. The molecular weight excluding hydrogens is 398 g/mol. The van der Waals surface area contributed by atoms with Crippen molar-refractivity contribution in [2.45, 2.75) is 11.8 Å². The molecule has 0 aliphatic rings. The molecule has 7 nitrogen and oxygen atoms in total. The Balaban J connectivity index is 1.78. The van der Waals surface area contributed by atoms with Gasteiger partial charge in [-0.05, 0) is 43.3 Å². The average Bonchev–Trinajstić information content (AvgIpc) is 2.64. The summed E-state index contributed by atoms with van der Waals surface area (Å²) in [5.74, 6) is -0.184. The van der Waals surface area contributed by atoms with E-state index in [4.69, 9.17) is 0 Å². The molecular formula is C19H23N3O4S2. The highest BCUT2D eigenvalue weighted by molar-refractivity contribution is 8.00. The Morgan fingerprint density at radius 3 is 1.71 bits per heavy atom. The molecule has 0 spiro atoms. The summed E-state index contributed by atoms with van der Waals surface area (Å²) in [5.41, 5.74) is 2.32. The van der Waals surface area contributed by atoms with E-state index in [0.29, 0.717) is 11.4 Å². The maximum absolute atomic E-state index is 12.0. The van der Waals surface area contributed by atoms with E-state index < -0.39 is 10.0 Å². The molecule has 9 heteroatoms. The van der Waals surface area contributed by atoms with Gasteiger partial charge < -0.3 is 10.6 Å². The number of thioether (sulfide) groups is 1. The lowest BCUT2D eigenvalue weighted by atomic mass is 10.2. The Morgan fingerprint density at radius 2 is 1.29 bits per heavy atom. The van der Waals surface area contributed by atoms with Crippen LogP contribution in [0, 0.1) is 6.92 Å². The van der Waals surface area contributed by atoms with Gasteiger partial charge in [0.05, 0.1) is 16.4 Å². The number of aryl methyl sites for hydroxylation is 1. The van der Waals surface area contributed by atoms with E-state index in [-0.39, 0.29) is 28.2 Å². The van der Waals surface area contributed by atoms with E-state index in [0.717, 1.165) is 9.87 Å². The number of nitrogens with zero attached hydrogens (tertiary/aromatic N) is 1. The summed E-state index contributed by atoms with van der Waals surface area (Å²) in [4.78, 5) is 24.0. The number of carbonyl (C=O) groups excluding carboxylic acids is 2. The van der Waals surface area contributed by atoms with Gasteiger partial charge in [-0.3, -0.25) is 9.59 Å². The minimum Gasteiger partial charge on any atom is -0.325 e. The molecule has 0 aliphatic carbocycles. The van der Waals surface area contributed by atoms with Gasteiger partial charge in [-0.25, -0.2) is 12.7 Å². The Labute approximate surface area is 169 Å². The van der Waals surface area contributed by atoms with Gasteiger partial charge in [0.25, 0.3) is 0 Å². The zero-order valence-electron chi connectivity index (χ0n) is 15.9. The molecule has 28 heavy (non-hydrogen) atoms. The molecule has 2 aromatic rings. The van der Waals surface area contributed by atoms with E-state index in [1.807, 2.05) is 31.2 Å². The van der Waals surface area contributed by atoms with Crippen LogP contribution >= 0.6 is 11.8 Å². The van der Waals surface area contributed by atoms with Crippen LogP contribution < -0.4 is 10.6 Å². The number of anilines is 2. The fraction of sp³-hybridized carbons (Fsp3) is 0.263. The van der Waals surface area contributed by atoms with Crippen LogP contribution in [0.1, 0.15) is 5.56 Å². The first kappa shape index (κ1) is 21.9. The van der Waals surface area contributed by atoms with Gasteiger partial charge in [-0.15, -0.1) is 11.8 Å². The highest BCUT2D eigenvalue weighted by Gasteiger charge is 2.16. The number of hydrogen-bond acceptors (Lipinski definition) is 5. The summed E-state index contributed by atoms with van der Waals surface area (Å²) in [7, 11) is -0.591. The third kappa shape index (κ3) is 6.36. The molecule has 0 heterocycles. The maximum Gasteiger partial charge on any atom is 0.242 e. The second kappa shape index (κ2) is 9.72. The van der Waals surface area contributed by atoms with Crippen molar-refractivity contribution in [2.75, 3.05) is 36.2 Å².